The molecule has 7 nitrogen and oxygen atoms in total. The maximum Gasteiger partial charge on any atom is 0.245 e. The van der Waals surface area contributed by atoms with Gasteiger partial charge in [-0.25, -0.2) is 0 Å². The van der Waals surface area contributed by atoms with E-state index in [1.54, 1.807) is 0 Å². The van der Waals surface area contributed by atoms with E-state index < -0.39 is 11.5 Å². The molecule has 3 saturated heterocycles. The van der Waals surface area contributed by atoms with Crippen molar-refractivity contribution >= 4 is 29.3 Å². The van der Waals surface area contributed by atoms with Gasteiger partial charge in [0.15, 0.2) is 0 Å². The summed E-state index contributed by atoms with van der Waals surface area (Å²) in [7, 11) is 2.12. The van der Waals surface area contributed by atoms with Gasteiger partial charge in [0.2, 0.25) is 17.7 Å². The number of piperidine rings is 3. The highest BCUT2D eigenvalue weighted by molar-refractivity contribution is 6.30. The van der Waals surface area contributed by atoms with Crippen molar-refractivity contribution in [1.82, 2.24) is 20.4 Å². The number of hydrogen-bond acceptors (Lipinski definition) is 4. The van der Waals surface area contributed by atoms with Crippen LogP contribution in [-0.4, -0.2) is 71.8 Å². The van der Waals surface area contributed by atoms with E-state index in [9.17, 15) is 14.4 Å². The average Bonchev–Trinajstić information content (AvgIpc) is 2.97. The van der Waals surface area contributed by atoms with E-state index in [4.69, 9.17) is 11.6 Å². The molecule has 2 bridgehead atoms. The highest BCUT2D eigenvalue weighted by atomic mass is 35.5. The highest BCUT2D eigenvalue weighted by Gasteiger charge is 2.49. The molecule has 6 rings (SSSR count). The number of nitrogens with one attached hydrogen (secondary N) is 2. The Morgan fingerprint density at radius 2 is 1.67 bits per heavy atom. The zero-order chi connectivity index (χ0) is 30.1. The molecule has 5 aliphatic rings. The van der Waals surface area contributed by atoms with Crippen LogP contribution in [0, 0.1) is 23.2 Å². The Labute approximate surface area is 257 Å². The molecule has 42 heavy (non-hydrogen) atoms. The minimum Gasteiger partial charge on any atom is -0.351 e. The maximum atomic E-state index is 14.2. The third kappa shape index (κ3) is 6.99. The lowest BCUT2D eigenvalue weighted by Gasteiger charge is -2.48. The van der Waals surface area contributed by atoms with E-state index in [1.807, 2.05) is 49.9 Å². The summed E-state index contributed by atoms with van der Waals surface area (Å²) in [5, 5.41) is 7.17. The number of fused-ring (bicyclic) bond motifs is 3. The molecule has 2 aliphatic carbocycles. The number of benzene rings is 1. The third-order valence-corrected chi connectivity index (χ3v) is 10.9. The fourth-order valence-electron chi connectivity index (χ4n) is 8.38. The van der Waals surface area contributed by atoms with Gasteiger partial charge in [-0.2, -0.15) is 0 Å². The smallest absolute Gasteiger partial charge is 0.245 e. The number of carbonyl (C=O) groups excluding carboxylic acids is 3. The largest absolute Gasteiger partial charge is 0.351 e. The molecule has 1 aromatic rings. The van der Waals surface area contributed by atoms with Crippen molar-refractivity contribution in [2.45, 2.75) is 109 Å². The molecule has 2 N–H and O–H groups in total. The molecule has 3 aliphatic heterocycles. The van der Waals surface area contributed by atoms with E-state index in [2.05, 4.69) is 22.6 Å². The molecule has 1 aromatic carbocycles. The Hall–Kier alpha value is -2.12. The third-order valence-electron chi connectivity index (χ3n) is 10.6. The standard InChI is InChI=1S/C34H51ClN4O3/c1-33(2,3)37-32(42)34(25-8-6-5-7-9-25)16-18-39(19-17-34)31(41)28(21-23-10-13-26(35)14-11-23)36-30(40)27-20-24-12-15-29(27)38(4)22-24/h10-11,13-14,24-25,27-29H,5-9,12,15-22H2,1-4H3,(H,36,40)(H,37,42)/t24-,27+,28+,29+/m0/s1. The van der Waals surface area contributed by atoms with Gasteiger partial charge in [0, 0.05) is 42.7 Å². The Balaban J connectivity index is 1.32. The van der Waals surface area contributed by atoms with Crippen molar-refractivity contribution in [2.75, 3.05) is 26.7 Å². The number of amides is 3. The Bertz CT molecular complexity index is 1120. The van der Waals surface area contributed by atoms with Crippen molar-refractivity contribution in [3.8, 4) is 0 Å². The summed E-state index contributed by atoms with van der Waals surface area (Å²) >= 11 is 6.14. The zero-order valence-corrected chi connectivity index (χ0v) is 26.8. The molecule has 0 unspecified atom stereocenters. The van der Waals surface area contributed by atoms with Crippen molar-refractivity contribution in [3.63, 3.8) is 0 Å². The summed E-state index contributed by atoms with van der Waals surface area (Å²) in [6, 6.07) is 7.15. The summed E-state index contributed by atoms with van der Waals surface area (Å²) < 4.78 is 0. The molecule has 3 amide bonds. The van der Waals surface area contributed by atoms with Gasteiger partial charge >= 0.3 is 0 Å². The first-order valence-corrected chi connectivity index (χ1v) is 16.7. The SMILES string of the molecule is CN1C[C@H]2CC[C@@H]1[C@H](C(=O)N[C@H](Cc1ccc(Cl)cc1)C(=O)N1CCC(C(=O)NC(C)(C)C)(C3CCCCC3)CC1)C2. The van der Waals surface area contributed by atoms with Gasteiger partial charge in [0.1, 0.15) is 6.04 Å². The molecular weight excluding hydrogens is 548 g/mol. The van der Waals surface area contributed by atoms with Crippen LogP contribution in [0.2, 0.25) is 5.02 Å². The predicted molar refractivity (Wildman–Crippen MR) is 167 cm³/mol. The highest BCUT2D eigenvalue weighted by Crippen LogP contribution is 2.46. The Morgan fingerprint density at radius 3 is 2.26 bits per heavy atom. The fourth-order valence-corrected chi connectivity index (χ4v) is 8.51. The average molecular weight is 599 g/mol. The van der Waals surface area contributed by atoms with Crippen LogP contribution in [0.3, 0.4) is 0 Å². The van der Waals surface area contributed by atoms with Gasteiger partial charge < -0.3 is 20.4 Å². The summed E-state index contributed by atoms with van der Waals surface area (Å²) in [6.07, 6.45) is 10.6. The van der Waals surface area contributed by atoms with Crippen LogP contribution in [-0.2, 0) is 20.8 Å². The van der Waals surface area contributed by atoms with Gasteiger partial charge in [0.05, 0.1) is 11.3 Å². The van der Waals surface area contributed by atoms with E-state index in [0.29, 0.717) is 49.2 Å². The Kier molecular flexibility index (Phi) is 9.58. The maximum absolute atomic E-state index is 14.2. The number of likely N-dealkylation sites (tertiary alicyclic amines) is 1. The lowest BCUT2D eigenvalue weighted by molar-refractivity contribution is -0.148. The molecule has 0 spiro atoms. The minimum absolute atomic E-state index is 0.00156. The van der Waals surface area contributed by atoms with Gasteiger partial charge in [0.25, 0.3) is 0 Å². The summed E-state index contributed by atoms with van der Waals surface area (Å²) in [4.78, 5) is 46.0. The second-order valence-corrected chi connectivity index (χ2v) is 15.1. The molecule has 2 saturated carbocycles. The number of halogens is 1. The molecule has 0 radical (unpaired) electrons. The molecule has 5 fully saturated rings. The van der Waals surface area contributed by atoms with Crippen molar-refractivity contribution in [3.05, 3.63) is 34.9 Å². The van der Waals surface area contributed by atoms with E-state index in [1.165, 1.54) is 25.7 Å². The quantitative estimate of drug-likeness (QED) is 0.452. The summed E-state index contributed by atoms with van der Waals surface area (Å²) in [6.45, 7) is 8.25. The lowest BCUT2D eigenvalue weighted by atomic mass is 9.63. The first kappa shape index (κ1) is 31.3. The van der Waals surface area contributed by atoms with Gasteiger partial charge in [-0.05, 0) is 102 Å². The predicted octanol–water partition coefficient (Wildman–Crippen LogP) is 5.20. The summed E-state index contributed by atoms with van der Waals surface area (Å²) in [5.74, 6) is 0.938. The second kappa shape index (κ2) is 12.9. The number of rotatable bonds is 7. The normalized spacial score (nSPS) is 27.4. The lowest BCUT2D eigenvalue weighted by Crippen LogP contribution is -2.60. The van der Waals surface area contributed by atoms with Gasteiger partial charge in [-0.15, -0.1) is 0 Å². The van der Waals surface area contributed by atoms with Crippen LogP contribution in [0.15, 0.2) is 24.3 Å². The second-order valence-electron chi connectivity index (χ2n) is 14.7. The number of nitrogens with zero attached hydrogens (tertiary/aromatic N) is 2. The molecule has 3 heterocycles. The van der Waals surface area contributed by atoms with Crippen LogP contribution >= 0.6 is 11.6 Å². The van der Waals surface area contributed by atoms with Gasteiger partial charge in [-0.1, -0.05) is 43.0 Å². The van der Waals surface area contributed by atoms with Gasteiger partial charge in [-0.3, -0.25) is 14.4 Å². The van der Waals surface area contributed by atoms with Crippen LogP contribution < -0.4 is 10.6 Å². The minimum atomic E-state index is -0.644. The first-order chi connectivity index (χ1) is 19.9. The topological polar surface area (TPSA) is 81.8 Å². The van der Waals surface area contributed by atoms with E-state index >= 15 is 0 Å². The van der Waals surface area contributed by atoms with Crippen molar-refractivity contribution < 1.29 is 14.4 Å². The molecule has 4 atom stereocenters. The number of carbonyl (C=O) groups is 3. The van der Waals surface area contributed by atoms with Crippen molar-refractivity contribution in [1.29, 1.82) is 0 Å². The number of hydrogen-bond donors (Lipinski definition) is 2. The van der Waals surface area contributed by atoms with Crippen LogP contribution in [0.1, 0.15) is 90.5 Å². The van der Waals surface area contributed by atoms with E-state index in [0.717, 1.165) is 37.8 Å². The van der Waals surface area contributed by atoms with Crippen LogP contribution in [0.5, 0.6) is 0 Å². The summed E-state index contributed by atoms with van der Waals surface area (Å²) in [5.41, 5.74) is 0.232. The molecule has 8 heteroatoms. The molecular formula is C34H51ClN4O3. The van der Waals surface area contributed by atoms with E-state index in [-0.39, 0.29) is 35.2 Å². The van der Waals surface area contributed by atoms with Crippen molar-refractivity contribution in [2.24, 2.45) is 23.2 Å². The van der Waals surface area contributed by atoms with Crippen LogP contribution in [0.25, 0.3) is 0 Å². The first-order valence-electron chi connectivity index (χ1n) is 16.3. The fraction of sp³-hybridized carbons (Fsp3) is 0.735. The zero-order valence-electron chi connectivity index (χ0n) is 26.1. The monoisotopic (exact) mass is 598 g/mol. The Morgan fingerprint density at radius 1 is 1.00 bits per heavy atom. The van der Waals surface area contributed by atoms with Crippen LogP contribution in [0.4, 0.5) is 0 Å². The molecule has 232 valence electrons. The molecule has 0 aromatic heterocycles.